The van der Waals surface area contributed by atoms with E-state index in [1.54, 1.807) is 0 Å². The molecule has 0 spiro atoms. The first-order valence-corrected chi connectivity index (χ1v) is 6.17. The van der Waals surface area contributed by atoms with Crippen LogP contribution in [0.1, 0.15) is 12.8 Å². The molecule has 6 heteroatoms. The van der Waals surface area contributed by atoms with E-state index in [0.717, 1.165) is 31.2 Å². The summed E-state index contributed by atoms with van der Waals surface area (Å²) in [6.45, 7) is 0.417. The number of pyridine rings is 1. The monoisotopic (exact) mass is 230 g/mol. The van der Waals surface area contributed by atoms with Crippen LogP contribution in [0, 0.1) is 11.7 Å². The van der Waals surface area contributed by atoms with Gasteiger partial charge in [-0.3, -0.25) is 0 Å². The van der Waals surface area contributed by atoms with E-state index < -0.39 is 15.8 Å². The molecule has 82 valence electrons. The van der Waals surface area contributed by atoms with Crippen LogP contribution < -0.4 is 4.72 Å². The second-order valence-electron chi connectivity index (χ2n) is 3.61. The average molecular weight is 230 g/mol. The van der Waals surface area contributed by atoms with E-state index in [4.69, 9.17) is 0 Å². The molecule has 0 aliphatic heterocycles. The van der Waals surface area contributed by atoms with Gasteiger partial charge in [-0.2, -0.15) is 0 Å². The zero-order valence-corrected chi connectivity index (χ0v) is 8.80. The molecule has 1 N–H and O–H groups in total. The van der Waals surface area contributed by atoms with Gasteiger partial charge in [0, 0.05) is 18.8 Å². The van der Waals surface area contributed by atoms with Crippen molar-refractivity contribution >= 4 is 10.0 Å². The minimum atomic E-state index is -3.64. The quantitative estimate of drug-likeness (QED) is 0.836. The number of nitrogens with one attached hydrogen (secondary N) is 1. The third-order valence-corrected chi connectivity index (χ3v) is 3.55. The Bertz CT molecular complexity index is 457. The molecule has 1 aromatic rings. The van der Waals surface area contributed by atoms with Gasteiger partial charge in [-0.15, -0.1) is 0 Å². The molecular formula is C9H11FN2O2S. The first-order chi connectivity index (χ1) is 7.08. The third-order valence-electron chi connectivity index (χ3n) is 2.23. The van der Waals surface area contributed by atoms with Gasteiger partial charge >= 0.3 is 0 Å². The summed E-state index contributed by atoms with van der Waals surface area (Å²) in [7, 11) is -3.64. The summed E-state index contributed by atoms with van der Waals surface area (Å²) in [5, 5.41) is -0.261. The number of sulfonamides is 1. The summed E-state index contributed by atoms with van der Waals surface area (Å²) in [6, 6.07) is 2.02. The Hall–Kier alpha value is -1.01. The van der Waals surface area contributed by atoms with Crippen LogP contribution in [0.25, 0.3) is 0 Å². The predicted octanol–water partition coefficient (Wildman–Crippen LogP) is 0.909. The highest BCUT2D eigenvalue weighted by Gasteiger charge is 2.24. The van der Waals surface area contributed by atoms with E-state index in [2.05, 4.69) is 9.71 Å². The van der Waals surface area contributed by atoms with Crippen LogP contribution in [-0.4, -0.2) is 19.9 Å². The highest BCUT2D eigenvalue weighted by Crippen LogP contribution is 2.28. The Balaban J connectivity index is 2.12. The van der Waals surface area contributed by atoms with Crippen LogP contribution in [0.2, 0.25) is 0 Å². The third kappa shape index (κ3) is 2.73. The smallest absolute Gasteiger partial charge is 0.243 e. The topological polar surface area (TPSA) is 59.1 Å². The van der Waals surface area contributed by atoms with E-state index in [9.17, 15) is 12.8 Å². The van der Waals surface area contributed by atoms with E-state index in [-0.39, 0.29) is 5.03 Å². The van der Waals surface area contributed by atoms with Gasteiger partial charge in [0.2, 0.25) is 0 Å². The molecule has 15 heavy (non-hydrogen) atoms. The predicted molar refractivity (Wildman–Crippen MR) is 52.1 cm³/mol. The SMILES string of the molecule is O=S(=O)(NCC1CC1)c1cc(F)ccn1. The molecule has 0 bridgehead atoms. The maximum atomic E-state index is 12.8. The van der Waals surface area contributed by atoms with Crippen molar-refractivity contribution in [1.29, 1.82) is 0 Å². The van der Waals surface area contributed by atoms with E-state index in [0.29, 0.717) is 12.5 Å². The summed E-state index contributed by atoms with van der Waals surface area (Å²) in [6.07, 6.45) is 3.25. The van der Waals surface area contributed by atoms with Crippen LogP contribution in [0.4, 0.5) is 4.39 Å². The zero-order valence-electron chi connectivity index (χ0n) is 7.98. The van der Waals surface area contributed by atoms with Crippen molar-refractivity contribution in [2.75, 3.05) is 6.54 Å². The van der Waals surface area contributed by atoms with Gasteiger partial charge in [-0.05, 0) is 24.8 Å². The van der Waals surface area contributed by atoms with Crippen molar-refractivity contribution in [3.8, 4) is 0 Å². The van der Waals surface area contributed by atoms with E-state index >= 15 is 0 Å². The van der Waals surface area contributed by atoms with Crippen molar-refractivity contribution in [3.63, 3.8) is 0 Å². The lowest BCUT2D eigenvalue weighted by molar-refractivity contribution is 0.568. The van der Waals surface area contributed by atoms with Crippen molar-refractivity contribution in [2.24, 2.45) is 5.92 Å². The van der Waals surface area contributed by atoms with E-state index in [1.165, 1.54) is 0 Å². The average Bonchev–Trinajstić information content (AvgIpc) is 2.98. The Morgan fingerprint density at radius 1 is 1.53 bits per heavy atom. The molecule has 0 saturated heterocycles. The number of hydrogen-bond acceptors (Lipinski definition) is 3. The molecule has 0 aromatic carbocycles. The van der Waals surface area contributed by atoms with Crippen molar-refractivity contribution < 1.29 is 12.8 Å². The van der Waals surface area contributed by atoms with Gasteiger partial charge in [0.25, 0.3) is 10.0 Å². The van der Waals surface area contributed by atoms with Crippen LogP contribution in [-0.2, 0) is 10.0 Å². The molecule has 1 aliphatic carbocycles. The molecule has 4 nitrogen and oxygen atoms in total. The number of nitrogens with zero attached hydrogens (tertiary/aromatic N) is 1. The van der Waals surface area contributed by atoms with Crippen molar-refractivity contribution in [2.45, 2.75) is 17.9 Å². The summed E-state index contributed by atoms with van der Waals surface area (Å²) >= 11 is 0. The lowest BCUT2D eigenvalue weighted by atomic mass is 10.4. The summed E-state index contributed by atoms with van der Waals surface area (Å²) in [5.74, 6) is -0.162. The number of rotatable bonds is 4. The molecule has 1 aromatic heterocycles. The highest BCUT2D eigenvalue weighted by molar-refractivity contribution is 7.89. The van der Waals surface area contributed by atoms with Crippen LogP contribution in [0.5, 0.6) is 0 Å². The first kappa shape index (κ1) is 10.5. The first-order valence-electron chi connectivity index (χ1n) is 4.69. The Morgan fingerprint density at radius 2 is 2.27 bits per heavy atom. The second kappa shape index (κ2) is 3.86. The minimum absolute atomic E-state index is 0.261. The van der Waals surface area contributed by atoms with Gasteiger partial charge in [-0.1, -0.05) is 0 Å². The lowest BCUT2D eigenvalue weighted by Gasteiger charge is -2.04. The molecular weight excluding hydrogens is 219 g/mol. The Morgan fingerprint density at radius 3 is 2.87 bits per heavy atom. The molecule has 1 fully saturated rings. The van der Waals surface area contributed by atoms with Crippen LogP contribution in [0.3, 0.4) is 0 Å². The molecule has 2 rings (SSSR count). The molecule has 0 amide bonds. The van der Waals surface area contributed by atoms with Gasteiger partial charge in [0.05, 0.1) is 0 Å². The Labute approximate surface area is 87.6 Å². The van der Waals surface area contributed by atoms with Crippen LogP contribution in [0.15, 0.2) is 23.4 Å². The zero-order chi connectivity index (χ0) is 10.9. The molecule has 0 atom stereocenters. The van der Waals surface area contributed by atoms with Gasteiger partial charge < -0.3 is 0 Å². The van der Waals surface area contributed by atoms with Crippen LogP contribution >= 0.6 is 0 Å². The number of aromatic nitrogens is 1. The minimum Gasteiger partial charge on any atom is -0.243 e. The van der Waals surface area contributed by atoms with Crippen molar-refractivity contribution in [3.05, 3.63) is 24.1 Å². The molecule has 0 unspecified atom stereocenters. The fraction of sp³-hybridized carbons (Fsp3) is 0.444. The number of hydrogen-bond donors (Lipinski definition) is 1. The number of halogens is 1. The fourth-order valence-corrected chi connectivity index (χ4v) is 2.23. The molecule has 0 radical (unpaired) electrons. The maximum Gasteiger partial charge on any atom is 0.258 e. The van der Waals surface area contributed by atoms with E-state index in [1.807, 2.05) is 0 Å². The summed E-state index contributed by atoms with van der Waals surface area (Å²) < 4.78 is 38.3. The summed E-state index contributed by atoms with van der Waals surface area (Å²) in [4.78, 5) is 3.62. The Kier molecular flexibility index (Phi) is 2.70. The second-order valence-corrected chi connectivity index (χ2v) is 5.32. The summed E-state index contributed by atoms with van der Waals surface area (Å²) in [5.41, 5.74) is 0. The molecule has 1 heterocycles. The molecule has 1 saturated carbocycles. The lowest BCUT2D eigenvalue weighted by Crippen LogP contribution is -2.26. The fourth-order valence-electron chi connectivity index (χ4n) is 1.16. The highest BCUT2D eigenvalue weighted by atomic mass is 32.2. The van der Waals surface area contributed by atoms with Gasteiger partial charge in [0.1, 0.15) is 5.82 Å². The maximum absolute atomic E-state index is 12.8. The van der Waals surface area contributed by atoms with Gasteiger partial charge in [0.15, 0.2) is 5.03 Å². The standard InChI is InChI=1S/C9H11FN2O2S/c10-8-3-4-11-9(5-8)15(13,14)12-6-7-1-2-7/h3-5,7,12H,1-2,6H2. The van der Waals surface area contributed by atoms with Crippen molar-refractivity contribution in [1.82, 2.24) is 9.71 Å². The van der Waals surface area contributed by atoms with Gasteiger partial charge in [-0.25, -0.2) is 22.5 Å². The molecule has 1 aliphatic rings. The largest absolute Gasteiger partial charge is 0.258 e. The normalized spacial score (nSPS) is 16.6.